The van der Waals surface area contributed by atoms with Crippen LogP contribution in [0.25, 0.3) is 0 Å². The van der Waals surface area contributed by atoms with Crippen molar-refractivity contribution in [2.24, 2.45) is 16.9 Å². The Balaban J connectivity index is 1.69. The molecule has 2 aliphatic rings. The van der Waals surface area contributed by atoms with Crippen LogP contribution >= 0.6 is 12.2 Å². The fourth-order valence-corrected chi connectivity index (χ4v) is 3.48. The first kappa shape index (κ1) is 16.7. The molecule has 4 nitrogen and oxygen atoms in total. The third-order valence-corrected chi connectivity index (χ3v) is 4.99. The van der Waals surface area contributed by atoms with Crippen LogP contribution in [0, 0.1) is 11.8 Å². The Morgan fingerprint density at radius 2 is 1.90 bits per heavy atom. The number of nitrogens with zero attached hydrogens (tertiary/aromatic N) is 1. The van der Waals surface area contributed by atoms with Gasteiger partial charge in [-0.2, -0.15) is 5.10 Å². The van der Waals surface area contributed by atoms with Gasteiger partial charge >= 0.3 is 0 Å². The van der Waals surface area contributed by atoms with Crippen LogP contribution in [0.1, 0.15) is 59.3 Å². The van der Waals surface area contributed by atoms with E-state index in [1.54, 1.807) is 0 Å². The van der Waals surface area contributed by atoms with Crippen molar-refractivity contribution in [3.05, 3.63) is 0 Å². The van der Waals surface area contributed by atoms with Gasteiger partial charge in [0.25, 0.3) is 0 Å². The molecule has 1 saturated heterocycles. The zero-order chi connectivity index (χ0) is 15.2. The molecule has 2 fully saturated rings. The fourth-order valence-electron chi connectivity index (χ4n) is 3.27. The highest BCUT2D eigenvalue weighted by Crippen LogP contribution is 2.29. The van der Waals surface area contributed by atoms with Gasteiger partial charge in [-0.25, -0.2) is 0 Å². The maximum absolute atomic E-state index is 5.60. The molecule has 0 amide bonds. The quantitative estimate of drug-likeness (QED) is 0.475. The Labute approximate surface area is 134 Å². The Hall–Kier alpha value is -0.680. The summed E-state index contributed by atoms with van der Waals surface area (Å²) in [6.07, 6.45) is 7.38. The maximum atomic E-state index is 5.60. The monoisotopic (exact) mass is 311 g/mol. The number of thiocarbonyl (C=S) groups is 1. The first-order valence-electron chi connectivity index (χ1n) is 8.28. The second-order valence-corrected chi connectivity index (χ2v) is 7.10. The van der Waals surface area contributed by atoms with Gasteiger partial charge in [0.2, 0.25) is 0 Å². The van der Waals surface area contributed by atoms with E-state index >= 15 is 0 Å². The lowest BCUT2D eigenvalue weighted by molar-refractivity contribution is 0.158. The van der Waals surface area contributed by atoms with Crippen molar-refractivity contribution in [3.63, 3.8) is 0 Å². The zero-order valence-electron chi connectivity index (χ0n) is 13.5. The number of ether oxygens (including phenoxy) is 1. The molecule has 0 aromatic rings. The topological polar surface area (TPSA) is 45.7 Å². The van der Waals surface area contributed by atoms with E-state index < -0.39 is 0 Å². The summed E-state index contributed by atoms with van der Waals surface area (Å²) in [5.74, 6) is 1.68. The predicted molar refractivity (Wildman–Crippen MR) is 91.5 cm³/mol. The lowest BCUT2D eigenvalue weighted by Crippen LogP contribution is -2.42. The molecule has 1 saturated carbocycles. The van der Waals surface area contributed by atoms with Crippen LogP contribution in [0.5, 0.6) is 0 Å². The van der Waals surface area contributed by atoms with Crippen LogP contribution in [0.2, 0.25) is 0 Å². The van der Waals surface area contributed by atoms with Gasteiger partial charge in [0.15, 0.2) is 5.11 Å². The second kappa shape index (κ2) is 8.08. The number of rotatable bonds is 4. The summed E-state index contributed by atoms with van der Waals surface area (Å²) in [5, 5.41) is 8.39. The molecular weight excluding hydrogens is 282 g/mol. The highest BCUT2D eigenvalue weighted by atomic mass is 32.1. The summed E-state index contributed by atoms with van der Waals surface area (Å²) in [4.78, 5) is 0. The van der Waals surface area contributed by atoms with Crippen molar-refractivity contribution in [2.75, 3.05) is 6.61 Å². The zero-order valence-corrected chi connectivity index (χ0v) is 14.3. The van der Waals surface area contributed by atoms with Crippen molar-refractivity contribution in [2.45, 2.75) is 71.4 Å². The predicted octanol–water partition coefficient (Wildman–Crippen LogP) is 3.22. The summed E-state index contributed by atoms with van der Waals surface area (Å²) in [6, 6.07) is 0.498. The minimum absolute atomic E-state index is 0.168. The Morgan fingerprint density at radius 1 is 1.19 bits per heavy atom. The normalized spacial score (nSPS) is 30.5. The molecule has 0 aromatic carbocycles. The highest BCUT2D eigenvalue weighted by molar-refractivity contribution is 7.80. The minimum atomic E-state index is 0.168. The van der Waals surface area contributed by atoms with E-state index in [0.717, 1.165) is 37.0 Å². The molecule has 1 heterocycles. The van der Waals surface area contributed by atoms with E-state index in [0.29, 0.717) is 11.2 Å². The Bertz CT molecular complexity index is 370. The number of nitrogens with one attached hydrogen (secondary N) is 2. The van der Waals surface area contributed by atoms with E-state index in [9.17, 15) is 0 Å². The lowest BCUT2D eigenvalue weighted by Gasteiger charge is -2.31. The van der Waals surface area contributed by atoms with Crippen LogP contribution in [0.4, 0.5) is 0 Å². The molecule has 0 aromatic heterocycles. The SMILES string of the molecule is C/C(=N\NC(=S)NC1CCC(C(C)C)CC1)C1CCCO1. The highest BCUT2D eigenvalue weighted by Gasteiger charge is 2.23. The molecule has 1 aliphatic carbocycles. The first-order chi connectivity index (χ1) is 10.1. The molecule has 1 aliphatic heterocycles. The third-order valence-electron chi connectivity index (χ3n) is 4.78. The molecule has 1 atom stereocenters. The van der Waals surface area contributed by atoms with Gasteiger partial charge in [0.05, 0.1) is 11.8 Å². The van der Waals surface area contributed by atoms with Crippen LogP contribution < -0.4 is 10.7 Å². The molecule has 2 rings (SSSR count). The van der Waals surface area contributed by atoms with Crippen LogP contribution in [0.15, 0.2) is 5.10 Å². The van der Waals surface area contributed by atoms with Gasteiger partial charge in [-0.15, -0.1) is 0 Å². The standard InChI is InChI=1S/C16H29N3OS/c1-11(2)13-6-8-14(9-7-13)17-16(21)19-18-12(3)15-5-4-10-20-15/h11,13-15H,4-10H2,1-3H3,(H2,17,19,21)/b18-12+. The average molecular weight is 311 g/mol. The van der Waals surface area contributed by atoms with E-state index in [4.69, 9.17) is 17.0 Å². The second-order valence-electron chi connectivity index (χ2n) is 6.70. The number of hydrazone groups is 1. The van der Waals surface area contributed by atoms with Crippen molar-refractivity contribution < 1.29 is 4.74 Å². The fraction of sp³-hybridized carbons (Fsp3) is 0.875. The number of hydrogen-bond donors (Lipinski definition) is 2. The summed E-state index contributed by atoms with van der Waals surface area (Å²) in [5.41, 5.74) is 3.96. The summed E-state index contributed by atoms with van der Waals surface area (Å²) >= 11 is 5.34. The maximum Gasteiger partial charge on any atom is 0.187 e. The Morgan fingerprint density at radius 3 is 2.48 bits per heavy atom. The molecule has 1 unspecified atom stereocenters. The van der Waals surface area contributed by atoms with Gasteiger partial charge in [0, 0.05) is 12.6 Å². The molecule has 2 N–H and O–H groups in total. The van der Waals surface area contributed by atoms with E-state index in [2.05, 4.69) is 29.7 Å². The van der Waals surface area contributed by atoms with Crippen molar-refractivity contribution in [1.82, 2.24) is 10.7 Å². The summed E-state index contributed by atoms with van der Waals surface area (Å²) in [6.45, 7) is 7.50. The smallest absolute Gasteiger partial charge is 0.187 e. The van der Waals surface area contributed by atoms with Crippen LogP contribution in [-0.2, 0) is 4.74 Å². The lowest BCUT2D eigenvalue weighted by atomic mass is 9.80. The van der Waals surface area contributed by atoms with Crippen molar-refractivity contribution >= 4 is 23.0 Å². The molecular formula is C16H29N3OS. The first-order valence-corrected chi connectivity index (χ1v) is 8.69. The van der Waals surface area contributed by atoms with Crippen LogP contribution in [0.3, 0.4) is 0 Å². The molecule has 0 spiro atoms. The van der Waals surface area contributed by atoms with Gasteiger partial charge in [-0.1, -0.05) is 13.8 Å². The largest absolute Gasteiger partial charge is 0.372 e. The van der Waals surface area contributed by atoms with Crippen molar-refractivity contribution in [3.8, 4) is 0 Å². The third kappa shape index (κ3) is 5.22. The summed E-state index contributed by atoms with van der Waals surface area (Å²) < 4.78 is 5.60. The van der Waals surface area contributed by atoms with E-state index in [-0.39, 0.29) is 6.10 Å². The number of hydrogen-bond acceptors (Lipinski definition) is 3. The molecule has 120 valence electrons. The van der Waals surface area contributed by atoms with E-state index in [1.165, 1.54) is 25.7 Å². The van der Waals surface area contributed by atoms with Gasteiger partial charge in [-0.05, 0) is 69.5 Å². The molecule has 5 heteroatoms. The molecule has 0 radical (unpaired) electrons. The minimum Gasteiger partial charge on any atom is -0.372 e. The Kier molecular flexibility index (Phi) is 6.42. The molecule has 21 heavy (non-hydrogen) atoms. The average Bonchev–Trinajstić information content (AvgIpc) is 2.99. The van der Waals surface area contributed by atoms with Crippen LogP contribution in [-0.4, -0.2) is 29.6 Å². The van der Waals surface area contributed by atoms with Gasteiger partial charge in [-0.3, -0.25) is 5.43 Å². The van der Waals surface area contributed by atoms with E-state index in [1.807, 2.05) is 6.92 Å². The van der Waals surface area contributed by atoms with Crippen molar-refractivity contribution in [1.29, 1.82) is 0 Å². The van der Waals surface area contributed by atoms with Gasteiger partial charge in [0.1, 0.15) is 0 Å². The molecule has 0 bridgehead atoms. The van der Waals surface area contributed by atoms with Gasteiger partial charge < -0.3 is 10.1 Å². The summed E-state index contributed by atoms with van der Waals surface area (Å²) in [7, 11) is 0.